The highest BCUT2D eigenvalue weighted by molar-refractivity contribution is 5.91. The molecule has 0 fully saturated rings. The Morgan fingerprint density at radius 2 is 1.73 bits per heavy atom. The molecule has 2 aromatic heterocycles. The number of amides is 1. The molecule has 0 aliphatic heterocycles. The Balaban J connectivity index is 1.81. The van der Waals surface area contributed by atoms with Gasteiger partial charge in [-0.1, -0.05) is 30.3 Å². The topological polar surface area (TPSA) is 46.1 Å². The van der Waals surface area contributed by atoms with Crippen molar-refractivity contribution in [3.8, 4) is 0 Å². The van der Waals surface area contributed by atoms with Crippen LogP contribution in [0.3, 0.4) is 0 Å². The van der Waals surface area contributed by atoms with Crippen LogP contribution >= 0.6 is 0 Å². The van der Waals surface area contributed by atoms with Crippen LogP contribution in [0, 0.1) is 6.92 Å². The molecule has 0 aliphatic rings. The molecule has 0 aliphatic carbocycles. The molecular formula is C22H21N3O. The van der Waals surface area contributed by atoms with Crippen LogP contribution in [0.25, 0.3) is 6.08 Å². The first kappa shape index (κ1) is 17.5. The summed E-state index contributed by atoms with van der Waals surface area (Å²) in [5.41, 5.74) is 4.12. The minimum absolute atomic E-state index is 0.0456. The molecule has 130 valence electrons. The molecule has 0 spiro atoms. The van der Waals surface area contributed by atoms with E-state index >= 15 is 0 Å². The molecule has 1 aromatic carbocycles. The van der Waals surface area contributed by atoms with Gasteiger partial charge in [0.2, 0.25) is 5.91 Å². The van der Waals surface area contributed by atoms with Gasteiger partial charge in [0.15, 0.2) is 0 Å². The summed E-state index contributed by atoms with van der Waals surface area (Å²) in [6.07, 6.45) is 8.59. The van der Waals surface area contributed by atoms with Crippen LogP contribution in [0.4, 0.5) is 0 Å². The predicted molar refractivity (Wildman–Crippen MR) is 103 cm³/mol. The monoisotopic (exact) mass is 343 g/mol. The molecule has 0 bridgehead atoms. The fourth-order valence-electron chi connectivity index (χ4n) is 2.64. The van der Waals surface area contributed by atoms with Gasteiger partial charge in [-0.2, -0.15) is 0 Å². The lowest BCUT2D eigenvalue weighted by molar-refractivity contribution is -0.127. The number of carbonyl (C=O) groups excluding carboxylic acids is 1. The average molecular weight is 343 g/mol. The van der Waals surface area contributed by atoms with Crippen LogP contribution in [-0.4, -0.2) is 20.8 Å². The largest absolute Gasteiger partial charge is 0.329 e. The molecule has 0 saturated heterocycles. The van der Waals surface area contributed by atoms with Crippen molar-refractivity contribution in [2.24, 2.45) is 0 Å². The molecule has 0 saturated carbocycles. The van der Waals surface area contributed by atoms with Crippen molar-refractivity contribution in [1.82, 2.24) is 14.9 Å². The van der Waals surface area contributed by atoms with Gasteiger partial charge in [-0.15, -0.1) is 0 Å². The molecule has 0 unspecified atom stereocenters. The fourth-order valence-corrected chi connectivity index (χ4v) is 2.64. The lowest BCUT2D eigenvalue weighted by Gasteiger charge is -2.22. The highest BCUT2D eigenvalue weighted by Gasteiger charge is 2.14. The van der Waals surface area contributed by atoms with E-state index in [1.54, 1.807) is 24.7 Å². The van der Waals surface area contributed by atoms with Gasteiger partial charge in [-0.25, -0.2) is 0 Å². The van der Waals surface area contributed by atoms with Crippen molar-refractivity contribution in [2.45, 2.75) is 20.0 Å². The summed E-state index contributed by atoms with van der Waals surface area (Å²) in [4.78, 5) is 23.0. The molecule has 3 rings (SSSR count). The Morgan fingerprint density at radius 1 is 0.962 bits per heavy atom. The van der Waals surface area contributed by atoms with Crippen molar-refractivity contribution in [2.75, 3.05) is 0 Å². The fraction of sp³-hybridized carbons (Fsp3) is 0.136. The molecule has 4 heteroatoms. The molecular weight excluding hydrogens is 322 g/mol. The standard InChI is InChI=1S/C22H21N3O/c1-18-6-2-3-7-20(18)16-25(17-21-8-4-5-13-24-21)22(26)10-9-19-11-14-23-15-12-19/h2-15H,16-17H2,1H3. The molecule has 4 nitrogen and oxygen atoms in total. The van der Waals surface area contributed by atoms with E-state index in [-0.39, 0.29) is 5.91 Å². The van der Waals surface area contributed by atoms with Crippen molar-refractivity contribution in [3.63, 3.8) is 0 Å². The number of nitrogens with zero attached hydrogens (tertiary/aromatic N) is 3. The summed E-state index contributed by atoms with van der Waals surface area (Å²) in [5, 5.41) is 0. The molecule has 26 heavy (non-hydrogen) atoms. The van der Waals surface area contributed by atoms with Crippen molar-refractivity contribution in [3.05, 3.63) is 102 Å². The zero-order valence-corrected chi connectivity index (χ0v) is 14.7. The average Bonchev–Trinajstić information content (AvgIpc) is 2.69. The van der Waals surface area contributed by atoms with E-state index in [1.807, 2.05) is 53.4 Å². The number of pyridine rings is 2. The number of hydrogen-bond donors (Lipinski definition) is 0. The maximum Gasteiger partial charge on any atom is 0.247 e. The minimum Gasteiger partial charge on any atom is -0.329 e. The SMILES string of the molecule is Cc1ccccc1CN(Cc1ccccn1)C(=O)C=Cc1ccncc1. The number of aryl methyl sites for hydroxylation is 1. The second-order valence-electron chi connectivity index (χ2n) is 6.06. The van der Waals surface area contributed by atoms with Gasteiger partial charge in [0.25, 0.3) is 0 Å². The molecule has 0 radical (unpaired) electrons. The third-order valence-electron chi connectivity index (χ3n) is 4.14. The third kappa shape index (κ3) is 4.86. The number of hydrogen-bond acceptors (Lipinski definition) is 3. The second-order valence-corrected chi connectivity index (χ2v) is 6.06. The van der Waals surface area contributed by atoms with Crippen molar-refractivity contribution in [1.29, 1.82) is 0 Å². The number of carbonyl (C=O) groups is 1. The van der Waals surface area contributed by atoms with Gasteiger partial charge in [0, 0.05) is 31.2 Å². The summed E-state index contributed by atoms with van der Waals surface area (Å²) < 4.78 is 0. The van der Waals surface area contributed by atoms with Gasteiger partial charge >= 0.3 is 0 Å². The maximum absolute atomic E-state index is 12.8. The van der Waals surface area contributed by atoms with E-state index in [9.17, 15) is 4.79 Å². The quantitative estimate of drug-likeness (QED) is 0.635. The van der Waals surface area contributed by atoms with Crippen LogP contribution in [0.5, 0.6) is 0 Å². The molecule has 1 amide bonds. The summed E-state index contributed by atoms with van der Waals surface area (Å²) in [7, 11) is 0. The Bertz CT molecular complexity index is 876. The van der Waals surface area contributed by atoms with Crippen LogP contribution in [0.1, 0.15) is 22.4 Å². The Labute approximate surface area is 153 Å². The smallest absolute Gasteiger partial charge is 0.247 e. The molecule has 2 heterocycles. The molecule has 0 N–H and O–H groups in total. The van der Waals surface area contributed by atoms with E-state index in [1.165, 1.54) is 5.56 Å². The van der Waals surface area contributed by atoms with Gasteiger partial charge in [-0.3, -0.25) is 14.8 Å². The molecule has 0 atom stereocenters. The summed E-state index contributed by atoms with van der Waals surface area (Å²) in [6, 6.07) is 17.6. The summed E-state index contributed by atoms with van der Waals surface area (Å²) in [6.45, 7) is 3.07. The maximum atomic E-state index is 12.8. The summed E-state index contributed by atoms with van der Waals surface area (Å²) in [5.74, 6) is -0.0456. The highest BCUT2D eigenvalue weighted by Crippen LogP contribution is 2.14. The van der Waals surface area contributed by atoms with Crippen LogP contribution in [-0.2, 0) is 17.9 Å². The Morgan fingerprint density at radius 3 is 2.46 bits per heavy atom. The summed E-state index contributed by atoms with van der Waals surface area (Å²) >= 11 is 0. The van der Waals surface area contributed by atoms with E-state index in [0.717, 1.165) is 16.8 Å². The Hall–Kier alpha value is -3.27. The normalized spacial score (nSPS) is 10.8. The van der Waals surface area contributed by atoms with Gasteiger partial charge < -0.3 is 4.90 Å². The number of rotatable bonds is 6. The van der Waals surface area contributed by atoms with E-state index in [2.05, 4.69) is 29.0 Å². The van der Waals surface area contributed by atoms with Gasteiger partial charge in [0.1, 0.15) is 0 Å². The van der Waals surface area contributed by atoms with Crippen molar-refractivity contribution < 1.29 is 4.79 Å². The second kappa shape index (κ2) is 8.72. The first-order valence-electron chi connectivity index (χ1n) is 8.54. The molecule has 3 aromatic rings. The van der Waals surface area contributed by atoms with Gasteiger partial charge in [-0.05, 0) is 54.0 Å². The van der Waals surface area contributed by atoms with Crippen LogP contribution in [0.2, 0.25) is 0 Å². The number of benzene rings is 1. The Kier molecular flexibility index (Phi) is 5.88. The first-order valence-corrected chi connectivity index (χ1v) is 8.54. The van der Waals surface area contributed by atoms with E-state index in [4.69, 9.17) is 0 Å². The zero-order valence-electron chi connectivity index (χ0n) is 14.7. The predicted octanol–water partition coefficient (Wildman–Crippen LogP) is 4.03. The third-order valence-corrected chi connectivity index (χ3v) is 4.14. The zero-order chi connectivity index (χ0) is 18.2. The van der Waals surface area contributed by atoms with Crippen molar-refractivity contribution >= 4 is 12.0 Å². The van der Waals surface area contributed by atoms with Crippen LogP contribution in [0.15, 0.2) is 79.3 Å². The van der Waals surface area contributed by atoms with Crippen LogP contribution < -0.4 is 0 Å². The van der Waals surface area contributed by atoms with Gasteiger partial charge in [0.05, 0.1) is 12.2 Å². The van der Waals surface area contributed by atoms with E-state index < -0.39 is 0 Å². The number of aromatic nitrogens is 2. The lowest BCUT2D eigenvalue weighted by Crippen LogP contribution is -2.29. The van der Waals surface area contributed by atoms with E-state index in [0.29, 0.717) is 13.1 Å². The lowest BCUT2D eigenvalue weighted by atomic mass is 10.1. The minimum atomic E-state index is -0.0456. The highest BCUT2D eigenvalue weighted by atomic mass is 16.2. The first-order chi connectivity index (χ1) is 12.7.